The maximum atomic E-state index is 13.0. The molecule has 2 aliphatic rings. The first-order valence-corrected chi connectivity index (χ1v) is 10.0. The molecule has 1 atom stereocenters. The Balaban J connectivity index is 1.47. The van der Waals surface area contributed by atoms with Gasteiger partial charge in [0.1, 0.15) is 0 Å². The van der Waals surface area contributed by atoms with Gasteiger partial charge in [0.2, 0.25) is 0 Å². The van der Waals surface area contributed by atoms with Crippen LogP contribution in [0.1, 0.15) is 48.3 Å². The number of carboxylic acid groups (broad SMARTS) is 1. The number of carbonyl (C=O) groups excluding carboxylic acids is 1. The summed E-state index contributed by atoms with van der Waals surface area (Å²) in [5.41, 5.74) is 3.70. The molecular formula is C23H26N2O3. The van der Waals surface area contributed by atoms with Crippen LogP contribution in [-0.2, 0) is 11.3 Å². The first-order chi connectivity index (χ1) is 13.6. The number of carboxylic acids is 1. The van der Waals surface area contributed by atoms with Gasteiger partial charge in [-0.25, -0.2) is 4.79 Å². The number of rotatable bonds is 3. The van der Waals surface area contributed by atoms with Crippen molar-refractivity contribution in [2.45, 2.75) is 44.2 Å². The van der Waals surface area contributed by atoms with Crippen molar-refractivity contribution in [3.63, 3.8) is 0 Å². The Labute approximate surface area is 165 Å². The second-order valence-corrected chi connectivity index (χ2v) is 7.88. The third kappa shape index (κ3) is 3.88. The highest BCUT2D eigenvalue weighted by Gasteiger charge is 2.31. The number of benzene rings is 2. The molecule has 2 N–H and O–H groups in total. The second kappa shape index (κ2) is 8.05. The van der Waals surface area contributed by atoms with Crippen molar-refractivity contribution in [2.75, 3.05) is 6.54 Å². The number of amides is 2. The van der Waals surface area contributed by atoms with E-state index in [1.54, 1.807) is 0 Å². The molecule has 1 aliphatic carbocycles. The van der Waals surface area contributed by atoms with Crippen LogP contribution in [0.3, 0.4) is 0 Å². The van der Waals surface area contributed by atoms with Crippen LogP contribution in [0.2, 0.25) is 0 Å². The summed E-state index contributed by atoms with van der Waals surface area (Å²) in [4.78, 5) is 26.0. The molecule has 0 aromatic heterocycles. The van der Waals surface area contributed by atoms with Crippen molar-refractivity contribution in [3.05, 3.63) is 71.3 Å². The number of hydrogen-bond donors (Lipinski definition) is 2. The van der Waals surface area contributed by atoms with Gasteiger partial charge >= 0.3 is 12.0 Å². The number of aliphatic carboxylic acids is 1. The Kier molecular flexibility index (Phi) is 5.33. The Morgan fingerprint density at radius 1 is 0.929 bits per heavy atom. The summed E-state index contributed by atoms with van der Waals surface area (Å²) in [6.45, 7) is 1.26. The van der Waals surface area contributed by atoms with Crippen molar-refractivity contribution in [2.24, 2.45) is 5.92 Å². The normalized spacial score (nSPS) is 24.3. The zero-order valence-electron chi connectivity index (χ0n) is 15.9. The van der Waals surface area contributed by atoms with Crippen LogP contribution in [0, 0.1) is 5.92 Å². The van der Waals surface area contributed by atoms with Gasteiger partial charge in [-0.2, -0.15) is 0 Å². The quantitative estimate of drug-likeness (QED) is 0.849. The van der Waals surface area contributed by atoms with Gasteiger partial charge in [-0.15, -0.1) is 0 Å². The van der Waals surface area contributed by atoms with Gasteiger partial charge in [0.25, 0.3) is 0 Å². The molecule has 1 aliphatic heterocycles. The third-order valence-corrected chi connectivity index (χ3v) is 6.09. The Morgan fingerprint density at radius 2 is 1.61 bits per heavy atom. The van der Waals surface area contributed by atoms with Crippen molar-refractivity contribution in [1.82, 2.24) is 10.2 Å². The van der Waals surface area contributed by atoms with Gasteiger partial charge in [0, 0.05) is 25.0 Å². The minimum Gasteiger partial charge on any atom is -0.481 e. The van der Waals surface area contributed by atoms with Gasteiger partial charge < -0.3 is 15.3 Å². The number of nitrogens with one attached hydrogen (secondary N) is 1. The van der Waals surface area contributed by atoms with Gasteiger partial charge in [-0.3, -0.25) is 4.79 Å². The van der Waals surface area contributed by atoms with Crippen molar-refractivity contribution in [3.8, 4) is 0 Å². The van der Waals surface area contributed by atoms with Gasteiger partial charge in [0.05, 0.1) is 5.92 Å². The highest BCUT2D eigenvalue weighted by molar-refractivity contribution is 5.75. The molecule has 5 heteroatoms. The smallest absolute Gasteiger partial charge is 0.317 e. The zero-order chi connectivity index (χ0) is 19.5. The average Bonchev–Trinajstić information content (AvgIpc) is 2.74. The molecular weight excluding hydrogens is 352 g/mol. The third-order valence-electron chi connectivity index (χ3n) is 6.09. The van der Waals surface area contributed by atoms with Crippen LogP contribution in [-0.4, -0.2) is 34.6 Å². The molecule has 2 aromatic rings. The largest absolute Gasteiger partial charge is 0.481 e. The Bertz CT molecular complexity index is 844. The molecule has 0 saturated heterocycles. The van der Waals surface area contributed by atoms with Crippen LogP contribution in [0.15, 0.2) is 54.6 Å². The highest BCUT2D eigenvalue weighted by atomic mass is 16.4. The fourth-order valence-corrected chi connectivity index (χ4v) is 4.48. The van der Waals surface area contributed by atoms with Crippen molar-refractivity contribution in [1.29, 1.82) is 0 Å². The van der Waals surface area contributed by atoms with E-state index in [-0.39, 0.29) is 23.9 Å². The standard InChI is InChI=1S/C23H26N2O3/c26-22(27)17-10-12-19(13-11-17)24-23(28)25-14-18-8-4-5-9-20(18)21(15-25)16-6-2-1-3-7-16/h1-9,17,19,21H,10-15H2,(H,24,28)(H,26,27). The SMILES string of the molecule is O=C(O)C1CCC(NC(=O)N2Cc3ccccc3C(c3ccccc3)C2)CC1. The lowest BCUT2D eigenvalue weighted by Crippen LogP contribution is -2.48. The summed E-state index contributed by atoms with van der Waals surface area (Å²) in [6.07, 6.45) is 2.73. The molecule has 0 spiro atoms. The van der Waals surface area contributed by atoms with Gasteiger partial charge in [0.15, 0.2) is 0 Å². The molecule has 5 nitrogen and oxygen atoms in total. The second-order valence-electron chi connectivity index (χ2n) is 7.88. The Morgan fingerprint density at radius 3 is 2.32 bits per heavy atom. The van der Waals surface area contributed by atoms with Crippen LogP contribution in [0.25, 0.3) is 0 Å². The lowest BCUT2D eigenvalue weighted by Gasteiger charge is -2.36. The predicted octanol–water partition coefficient (Wildman–Crippen LogP) is 3.99. The first kappa shape index (κ1) is 18.5. The minimum absolute atomic E-state index is 0.0470. The molecule has 0 radical (unpaired) electrons. The summed E-state index contributed by atoms with van der Waals surface area (Å²) >= 11 is 0. The topological polar surface area (TPSA) is 69.6 Å². The number of fused-ring (bicyclic) bond motifs is 1. The molecule has 0 bridgehead atoms. The maximum Gasteiger partial charge on any atom is 0.317 e. The molecule has 1 saturated carbocycles. The molecule has 1 heterocycles. The summed E-state index contributed by atoms with van der Waals surface area (Å²) in [5, 5.41) is 12.3. The maximum absolute atomic E-state index is 13.0. The lowest BCUT2D eigenvalue weighted by molar-refractivity contribution is -0.142. The van der Waals surface area contributed by atoms with E-state index in [1.165, 1.54) is 16.7 Å². The summed E-state index contributed by atoms with van der Waals surface area (Å²) in [5.74, 6) is -0.819. The molecule has 4 rings (SSSR count). The van der Waals surface area contributed by atoms with E-state index in [9.17, 15) is 9.59 Å². The predicted molar refractivity (Wildman–Crippen MR) is 107 cm³/mol. The van der Waals surface area contributed by atoms with Crippen LogP contribution in [0.4, 0.5) is 4.79 Å². The molecule has 28 heavy (non-hydrogen) atoms. The number of hydrogen-bond acceptors (Lipinski definition) is 2. The first-order valence-electron chi connectivity index (χ1n) is 10.0. The van der Waals surface area contributed by atoms with Crippen LogP contribution in [0.5, 0.6) is 0 Å². The molecule has 2 aromatic carbocycles. The average molecular weight is 378 g/mol. The van der Waals surface area contributed by atoms with Gasteiger partial charge in [-0.05, 0) is 42.4 Å². The van der Waals surface area contributed by atoms with Gasteiger partial charge in [-0.1, -0.05) is 54.6 Å². The zero-order valence-corrected chi connectivity index (χ0v) is 15.9. The van der Waals surface area contributed by atoms with Crippen molar-refractivity contribution >= 4 is 12.0 Å². The molecule has 2 amide bonds. The number of urea groups is 1. The summed E-state index contributed by atoms with van der Waals surface area (Å²) in [7, 11) is 0. The molecule has 1 fully saturated rings. The summed E-state index contributed by atoms with van der Waals surface area (Å²) in [6, 6.07) is 18.7. The Hall–Kier alpha value is -2.82. The van der Waals surface area contributed by atoms with Crippen molar-refractivity contribution < 1.29 is 14.7 Å². The van der Waals surface area contributed by atoms with E-state index in [0.717, 1.165) is 12.8 Å². The van der Waals surface area contributed by atoms with Crippen LogP contribution >= 0.6 is 0 Å². The van der Waals surface area contributed by atoms with E-state index in [2.05, 4.69) is 35.6 Å². The van der Waals surface area contributed by atoms with E-state index in [4.69, 9.17) is 5.11 Å². The fraction of sp³-hybridized carbons (Fsp3) is 0.391. The molecule has 146 valence electrons. The minimum atomic E-state index is -0.719. The summed E-state index contributed by atoms with van der Waals surface area (Å²) < 4.78 is 0. The highest BCUT2D eigenvalue weighted by Crippen LogP contribution is 2.33. The van der Waals surface area contributed by atoms with E-state index >= 15 is 0 Å². The lowest BCUT2D eigenvalue weighted by atomic mass is 9.84. The van der Waals surface area contributed by atoms with E-state index < -0.39 is 5.97 Å². The number of nitrogens with zero attached hydrogens (tertiary/aromatic N) is 1. The number of carbonyl (C=O) groups is 2. The monoisotopic (exact) mass is 378 g/mol. The fourth-order valence-electron chi connectivity index (χ4n) is 4.48. The molecule has 1 unspecified atom stereocenters. The van der Waals surface area contributed by atoms with Crippen LogP contribution < -0.4 is 5.32 Å². The van der Waals surface area contributed by atoms with E-state index in [1.807, 2.05) is 29.2 Å². The van der Waals surface area contributed by atoms with E-state index in [0.29, 0.717) is 25.9 Å².